The lowest BCUT2D eigenvalue weighted by molar-refractivity contribution is 0.0699. The van der Waals surface area contributed by atoms with Gasteiger partial charge in [0.15, 0.2) is 0 Å². The Kier molecular flexibility index (Phi) is 7.95. The van der Waals surface area contributed by atoms with Crippen LogP contribution in [0.4, 0.5) is 0 Å². The predicted octanol–water partition coefficient (Wildman–Crippen LogP) is 0.367. The summed E-state index contributed by atoms with van der Waals surface area (Å²) in [5.74, 6) is 0. The summed E-state index contributed by atoms with van der Waals surface area (Å²) in [6.07, 6.45) is 0.676. The predicted molar refractivity (Wildman–Crippen MR) is 59.4 cm³/mol. The zero-order valence-electron chi connectivity index (χ0n) is 9.65. The molecule has 0 aromatic rings. The second-order valence-electron chi connectivity index (χ2n) is 3.45. The number of nitrogens with one attached hydrogen (secondary N) is 1. The molecule has 5 nitrogen and oxygen atoms in total. The Hall–Kier alpha value is -0.170. The van der Waals surface area contributed by atoms with E-state index in [0.717, 1.165) is 0 Å². The lowest BCUT2D eigenvalue weighted by Crippen LogP contribution is -2.32. The third-order valence-corrected chi connectivity index (χ3v) is 3.67. The van der Waals surface area contributed by atoms with Crippen LogP contribution in [-0.2, 0) is 19.5 Å². The number of methoxy groups -OCH3 is 1. The average molecular weight is 239 g/mol. The number of rotatable bonds is 9. The highest BCUT2D eigenvalue weighted by atomic mass is 32.2. The van der Waals surface area contributed by atoms with Gasteiger partial charge in [0, 0.05) is 20.3 Å². The lowest BCUT2D eigenvalue weighted by atomic mass is 10.5. The van der Waals surface area contributed by atoms with Gasteiger partial charge in [0.05, 0.1) is 18.5 Å². The molecule has 0 heterocycles. The van der Waals surface area contributed by atoms with Gasteiger partial charge in [-0.2, -0.15) is 0 Å². The molecule has 0 aliphatic carbocycles. The summed E-state index contributed by atoms with van der Waals surface area (Å²) in [7, 11) is -1.51. The van der Waals surface area contributed by atoms with Crippen molar-refractivity contribution in [2.75, 3.05) is 33.5 Å². The molecule has 0 aliphatic rings. The fourth-order valence-electron chi connectivity index (χ4n) is 0.800. The summed E-state index contributed by atoms with van der Waals surface area (Å²) in [6, 6.07) is 0. The van der Waals surface area contributed by atoms with E-state index in [1.54, 1.807) is 21.0 Å². The van der Waals surface area contributed by atoms with E-state index >= 15 is 0 Å². The van der Waals surface area contributed by atoms with E-state index in [9.17, 15) is 8.42 Å². The van der Waals surface area contributed by atoms with Crippen LogP contribution in [0.15, 0.2) is 0 Å². The summed E-state index contributed by atoms with van der Waals surface area (Å²) in [4.78, 5) is 0. The quantitative estimate of drug-likeness (QED) is 0.590. The maximum absolute atomic E-state index is 11.3. The van der Waals surface area contributed by atoms with E-state index in [2.05, 4.69) is 4.72 Å². The minimum absolute atomic E-state index is 0.382. The maximum atomic E-state index is 11.3. The highest BCUT2D eigenvalue weighted by Crippen LogP contribution is 1.95. The van der Waals surface area contributed by atoms with Gasteiger partial charge in [-0.1, -0.05) is 0 Å². The molecule has 0 aromatic carbocycles. The molecule has 0 aromatic heterocycles. The van der Waals surface area contributed by atoms with Crippen LogP contribution in [0, 0.1) is 0 Å². The van der Waals surface area contributed by atoms with Gasteiger partial charge in [0.1, 0.15) is 0 Å². The minimum atomic E-state index is -3.13. The van der Waals surface area contributed by atoms with Gasteiger partial charge < -0.3 is 9.47 Å². The molecule has 0 amide bonds. The van der Waals surface area contributed by atoms with Crippen molar-refractivity contribution >= 4 is 10.0 Å². The number of ether oxygens (including phenoxy) is 2. The van der Waals surface area contributed by atoms with Crippen molar-refractivity contribution in [3.05, 3.63) is 0 Å². The van der Waals surface area contributed by atoms with Gasteiger partial charge in [-0.3, -0.25) is 0 Å². The van der Waals surface area contributed by atoms with E-state index in [1.807, 2.05) is 0 Å². The Morgan fingerprint density at radius 2 is 1.87 bits per heavy atom. The topological polar surface area (TPSA) is 64.6 Å². The Morgan fingerprint density at radius 3 is 2.40 bits per heavy atom. The molecule has 0 atom stereocenters. The van der Waals surface area contributed by atoms with E-state index < -0.39 is 10.0 Å². The summed E-state index contributed by atoms with van der Waals surface area (Å²) >= 11 is 0. The largest absolute Gasteiger partial charge is 0.382 e. The van der Waals surface area contributed by atoms with Crippen LogP contribution in [0.5, 0.6) is 0 Å². The fraction of sp³-hybridized carbons (Fsp3) is 1.00. The number of hydrogen-bond acceptors (Lipinski definition) is 4. The lowest BCUT2D eigenvalue weighted by Gasteiger charge is -2.09. The number of sulfonamides is 1. The van der Waals surface area contributed by atoms with Crippen LogP contribution in [0.3, 0.4) is 0 Å². The minimum Gasteiger partial charge on any atom is -0.382 e. The Labute approximate surface area is 92.2 Å². The first-order valence-electron chi connectivity index (χ1n) is 5.06. The first-order valence-corrected chi connectivity index (χ1v) is 6.60. The summed E-state index contributed by atoms with van der Waals surface area (Å²) in [5.41, 5.74) is 0. The molecule has 92 valence electrons. The molecule has 0 unspecified atom stereocenters. The van der Waals surface area contributed by atoms with Gasteiger partial charge in [-0.25, -0.2) is 13.1 Å². The van der Waals surface area contributed by atoms with Crippen molar-refractivity contribution in [1.29, 1.82) is 0 Å². The fourth-order valence-corrected chi connectivity index (χ4v) is 1.56. The van der Waals surface area contributed by atoms with Gasteiger partial charge >= 0.3 is 0 Å². The van der Waals surface area contributed by atoms with Crippen LogP contribution in [0.2, 0.25) is 0 Å². The summed E-state index contributed by atoms with van der Waals surface area (Å²) < 4.78 is 35.1. The van der Waals surface area contributed by atoms with E-state index in [4.69, 9.17) is 9.47 Å². The standard InChI is InChI=1S/C9H21NO4S/c1-9(2)15(11,12)10-5-4-6-14-8-7-13-3/h9-10H,4-8H2,1-3H3. The molecule has 0 saturated carbocycles. The monoisotopic (exact) mass is 239 g/mol. The molecule has 15 heavy (non-hydrogen) atoms. The second kappa shape index (κ2) is 8.04. The molecule has 0 saturated heterocycles. The molecule has 0 spiro atoms. The zero-order valence-corrected chi connectivity index (χ0v) is 10.5. The maximum Gasteiger partial charge on any atom is 0.213 e. The van der Waals surface area contributed by atoms with Crippen molar-refractivity contribution in [2.45, 2.75) is 25.5 Å². The van der Waals surface area contributed by atoms with Gasteiger partial charge in [0.2, 0.25) is 10.0 Å². The van der Waals surface area contributed by atoms with Gasteiger partial charge in [-0.15, -0.1) is 0 Å². The first-order chi connectivity index (χ1) is 7.00. The van der Waals surface area contributed by atoms with Crippen LogP contribution in [0.25, 0.3) is 0 Å². The van der Waals surface area contributed by atoms with E-state index in [0.29, 0.717) is 32.8 Å². The second-order valence-corrected chi connectivity index (χ2v) is 5.77. The van der Waals surface area contributed by atoms with Crippen LogP contribution < -0.4 is 4.72 Å². The molecule has 0 radical (unpaired) electrons. The van der Waals surface area contributed by atoms with Crippen molar-refractivity contribution < 1.29 is 17.9 Å². The smallest absolute Gasteiger partial charge is 0.213 e. The van der Waals surface area contributed by atoms with Crippen molar-refractivity contribution in [3.8, 4) is 0 Å². The van der Waals surface area contributed by atoms with Crippen LogP contribution in [0.1, 0.15) is 20.3 Å². The summed E-state index contributed by atoms with van der Waals surface area (Å²) in [5, 5.41) is -0.382. The van der Waals surface area contributed by atoms with E-state index in [1.165, 1.54) is 0 Å². The number of hydrogen-bond donors (Lipinski definition) is 1. The van der Waals surface area contributed by atoms with Crippen molar-refractivity contribution in [3.63, 3.8) is 0 Å². The highest BCUT2D eigenvalue weighted by molar-refractivity contribution is 7.90. The van der Waals surface area contributed by atoms with Crippen molar-refractivity contribution in [1.82, 2.24) is 4.72 Å². The molecule has 0 aliphatic heterocycles. The molecule has 1 N–H and O–H groups in total. The molecular weight excluding hydrogens is 218 g/mol. The van der Waals surface area contributed by atoms with Crippen LogP contribution in [-0.4, -0.2) is 47.1 Å². The molecular formula is C9H21NO4S. The Morgan fingerprint density at radius 1 is 1.20 bits per heavy atom. The van der Waals surface area contributed by atoms with Crippen LogP contribution >= 0.6 is 0 Å². The highest BCUT2D eigenvalue weighted by Gasteiger charge is 2.13. The first kappa shape index (κ1) is 14.8. The summed E-state index contributed by atoms with van der Waals surface area (Å²) in [6.45, 7) is 5.39. The molecule has 0 fully saturated rings. The van der Waals surface area contributed by atoms with E-state index in [-0.39, 0.29) is 5.25 Å². The molecule has 0 bridgehead atoms. The third kappa shape index (κ3) is 7.72. The SMILES string of the molecule is COCCOCCCNS(=O)(=O)C(C)C. The van der Waals surface area contributed by atoms with Crippen molar-refractivity contribution in [2.24, 2.45) is 0 Å². The molecule has 0 rings (SSSR count). The zero-order chi connectivity index (χ0) is 11.7. The normalized spacial score (nSPS) is 12.3. The third-order valence-electron chi connectivity index (χ3n) is 1.82. The Bertz CT molecular complexity index is 238. The average Bonchev–Trinajstić information content (AvgIpc) is 2.16. The molecule has 6 heteroatoms. The van der Waals surface area contributed by atoms with Gasteiger partial charge in [0.25, 0.3) is 0 Å². The Balaban J connectivity index is 3.39. The van der Waals surface area contributed by atoms with Gasteiger partial charge in [-0.05, 0) is 20.3 Å².